The average molecular weight is 474 g/mol. The van der Waals surface area contributed by atoms with Crippen molar-refractivity contribution in [3.8, 4) is 0 Å². The van der Waals surface area contributed by atoms with Crippen LogP contribution in [-0.2, 0) is 0 Å². The molecule has 23 heavy (non-hydrogen) atoms. The summed E-state index contributed by atoms with van der Waals surface area (Å²) in [4.78, 5) is 0. The second-order valence-electron chi connectivity index (χ2n) is 5.47. The minimum absolute atomic E-state index is 0.721. The van der Waals surface area contributed by atoms with Crippen LogP contribution < -0.4 is 10.6 Å². The zero-order chi connectivity index (χ0) is 16.5. The van der Waals surface area contributed by atoms with E-state index in [-0.39, 0.29) is 0 Å². The molecule has 0 radical (unpaired) electrons. The summed E-state index contributed by atoms with van der Waals surface area (Å²) in [5.74, 6) is 0. The number of benzene rings is 2. The van der Waals surface area contributed by atoms with E-state index in [0.717, 1.165) is 19.1 Å². The van der Waals surface area contributed by atoms with E-state index in [1.807, 2.05) is 0 Å². The van der Waals surface area contributed by atoms with Crippen LogP contribution >= 0.6 is 16.1 Å². The zero-order valence-corrected chi connectivity index (χ0v) is 19.0. The molecule has 0 saturated carbocycles. The Balaban J connectivity index is 2.17. The first-order valence-electron chi connectivity index (χ1n) is 8.18. The Morgan fingerprint density at radius 3 is 1.96 bits per heavy atom. The van der Waals surface area contributed by atoms with Crippen molar-refractivity contribution in [3.05, 3.63) is 60.7 Å². The molecule has 0 N–H and O–H groups in total. The summed E-state index contributed by atoms with van der Waals surface area (Å²) in [5, 5.41) is 4.35. The van der Waals surface area contributed by atoms with Crippen LogP contribution in [0.2, 0.25) is 5.32 Å². The van der Waals surface area contributed by atoms with Gasteiger partial charge in [-0.05, 0) is 0 Å². The molecular weight excluding hydrogens is 449 g/mol. The maximum absolute atomic E-state index is 3.64. The van der Waals surface area contributed by atoms with Crippen molar-refractivity contribution < 1.29 is 0 Å². The fourth-order valence-corrected chi connectivity index (χ4v) is 19.4. The molecule has 0 aliphatic rings. The number of hydrogen-bond acceptors (Lipinski definition) is 1. The van der Waals surface area contributed by atoms with Gasteiger partial charge in [0.2, 0.25) is 0 Å². The van der Waals surface area contributed by atoms with Gasteiger partial charge in [0.15, 0.2) is 0 Å². The van der Waals surface area contributed by atoms with Crippen LogP contribution in [0.5, 0.6) is 0 Å². The van der Waals surface area contributed by atoms with Crippen molar-refractivity contribution in [2.24, 2.45) is 0 Å². The first-order valence-corrected chi connectivity index (χ1v) is 15.9. The molecule has 2 aromatic carbocycles. The monoisotopic (exact) mass is 476 g/mol. The van der Waals surface area contributed by atoms with Gasteiger partial charge in [0.25, 0.3) is 0 Å². The van der Waals surface area contributed by atoms with Gasteiger partial charge in [-0.2, -0.15) is 0 Å². The Morgan fingerprint density at radius 2 is 1.48 bits per heavy atom. The zero-order valence-electron chi connectivity index (χ0n) is 13.9. The molecule has 0 nitrogen and oxygen atoms in total. The summed E-state index contributed by atoms with van der Waals surface area (Å²) in [6, 6.07) is 22.1. The van der Waals surface area contributed by atoms with Crippen molar-refractivity contribution in [3.63, 3.8) is 0 Å². The van der Waals surface area contributed by atoms with Gasteiger partial charge in [-0.25, -0.2) is 0 Å². The second-order valence-corrected chi connectivity index (χ2v) is 19.5. The van der Waals surface area contributed by atoms with Crippen LogP contribution in [0.25, 0.3) is 0 Å². The number of rotatable bonds is 9. The minimum atomic E-state index is -1.48. The summed E-state index contributed by atoms with van der Waals surface area (Å²) in [5.41, 5.74) is 0. The van der Waals surface area contributed by atoms with E-state index in [9.17, 15) is 0 Å². The van der Waals surface area contributed by atoms with Crippen molar-refractivity contribution >= 4 is 56.8 Å². The topological polar surface area (TPSA) is 0 Å². The third kappa shape index (κ3) is 5.93. The van der Waals surface area contributed by atoms with Crippen LogP contribution in [0, 0.1) is 0 Å². The summed E-state index contributed by atoms with van der Waals surface area (Å²) < 4.78 is -0.734. The predicted molar refractivity (Wildman–Crippen MR) is 112 cm³/mol. The Hall–Kier alpha value is 0.259. The Morgan fingerprint density at radius 1 is 0.957 bits per heavy atom. The van der Waals surface area contributed by atoms with Gasteiger partial charge in [-0.1, -0.05) is 0 Å². The molecule has 0 fully saturated rings. The van der Waals surface area contributed by atoms with Crippen LogP contribution in [0.15, 0.2) is 60.7 Å². The predicted octanol–water partition coefficient (Wildman–Crippen LogP) is 5.05. The average Bonchev–Trinajstić information content (AvgIpc) is 2.60. The molecule has 0 bridgehead atoms. The van der Waals surface area contributed by atoms with Gasteiger partial charge >= 0.3 is 160 Å². The number of unbranched alkanes of at least 4 members (excludes halogenated alkanes) is 2. The molecule has 0 heterocycles. The molecule has 0 amide bonds. The molecule has 124 valence electrons. The van der Waals surface area contributed by atoms with E-state index in [1.54, 1.807) is 0 Å². The standard InChI is InChI=1S/C19H25PSSe2/c1-3-4-11-16-23-17(2)21-20(22,18-12-7-5-8-13-18)19-14-9-6-10-15-19/h5-10,12-15,17H,3-4,11,16H2,1-2H3. The van der Waals surface area contributed by atoms with Crippen molar-refractivity contribution in [1.82, 2.24) is 0 Å². The fourth-order valence-electron chi connectivity index (χ4n) is 2.36. The molecule has 0 aromatic heterocycles. The van der Waals surface area contributed by atoms with E-state index in [2.05, 4.69) is 101 Å². The summed E-state index contributed by atoms with van der Waals surface area (Å²) in [6.07, 6.45) is 4.11. The van der Waals surface area contributed by atoms with E-state index < -0.39 is 4.71 Å². The normalized spacial score (nSPS) is 13.0. The summed E-state index contributed by atoms with van der Waals surface area (Å²) in [6.45, 7) is 4.71. The molecule has 4 heteroatoms. The first kappa shape index (κ1) is 19.6. The van der Waals surface area contributed by atoms with Crippen LogP contribution in [-0.4, -0.2) is 34.2 Å². The Kier molecular flexibility index (Phi) is 8.77. The van der Waals surface area contributed by atoms with E-state index >= 15 is 0 Å². The van der Waals surface area contributed by atoms with E-state index in [4.69, 9.17) is 0 Å². The van der Waals surface area contributed by atoms with Crippen molar-refractivity contribution in [1.29, 1.82) is 0 Å². The van der Waals surface area contributed by atoms with Crippen molar-refractivity contribution in [2.75, 3.05) is 0 Å². The number of hydrogen-bond donors (Lipinski definition) is 0. The quantitative estimate of drug-likeness (QED) is 0.279. The van der Waals surface area contributed by atoms with Crippen LogP contribution in [0.4, 0.5) is 0 Å². The third-order valence-electron chi connectivity index (χ3n) is 3.59. The summed E-state index contributed by atoms with van der Waals surface area (Å²) in [7, 11) is 0. The molecule has 2 aromatic rings. The van der Waals surface area contributed by atoms with Crippen LogP contribution in [0.3, 0.4) is 0 Å². The molecule has 0 saturated heterocycles. The Bertz CT molecular complexity index is 572. The SMILES string of the molecule is CCCCC[Se]C(C)SP(=[Se])(c1ccccc1)c1ccccc1. The third-order valence-corrected chi connectivity index (χ3v) is 17.9. The van der Waals surface area contributed by atoms with Gasteiger partial charge in [0.1, 0.15) is 0 Å². The van der Waals surface area contributed by atoms with E-state index in [1.165, 1.54) is 35.2 Å². The van der Waals surface area contributed by atoms with Gasteiger partial charge < -0.3 is 0 Å². The second kappa shape index (κ2) is 10.3. The fraction of sp³-hybridized carbons (Fsp3) is 0.368. The summed E-state index contributed by atoms with van der Waals surface area (Å²) >= 11 is 6.56. The maximum atomic E-state index is 3.64. The molecule has 1 atom stereocenters. The molecule has 0 spiro atoms. The first-order chi connectivity index (χ1) is 11.2. The van der Waals surface area contributed by atoms with Crippen LogP contribution in [0.1, 0.15) is 33.1 Å². The van der Waals surface area contributed by atoms with E-state index in [0.29, 0.717) is 0 Å². The van der Waals surface area contributed by atoms with Crippen molar-refractivity contribution in [2.45, 2.75) is 42.6 Å². The Labute approximate surface area is 159 Å². The van der Waals surface area contributed by atoms with Gasteiger partial charge in [-0.15, -0.1) is 0 Å². The molecule has 0 aliphatic carbocycles. The van der Waals surface area contributed by atoms with Gasteiger partial charge in [0, 0.05) is 0 Å². The molecular formula is C19H25PSSe2. The molecule has 2 rings (SSSR count). The van der Waals surface area contributed by atoms with Gasteiger partial charge in [0.05, 0.1) is 0 Å². The molecule has 0 aliphatic heterocycles. The molecule has 1 unspecified atom stereocenters. The van der Waals surface area contributed by atoms with Gasteiger partial charge in [-0.3, -0.25) is 0 Å².